The molecule has 0 amide bonds. The molecule has 0 saturated heterocycles. The molecule has 2 aromatic rings. The van der Waals surface area contributed by atoms with Gasteiger partial charge in [-0.3, -0.25) is 4.79 Å². The van der Waals surface area contributed by atoms with Crippen molar-refractivity contribution in [2.75, 3.05) is 0 Å². The van der Waals surface area contributed by atoms with E-state index in [9.17, 15) is 4.79 Å². The SMILES string of the molecule is Cc1cc(C2CC(=O)c3ccc(Br)cc3O2)c(C)s1. The molecule has 0 fully saturated rings. The van der Waals surface area contributed by atoms with Crippen LogP contribution in [-0.2, 0) is 0 Å². The maximum atomic E-state index is 12.2. The van der Waals surface area contributed by atoms with Gasteiger partial charge in [0.2, 0.25) is 0 Å². The fourth-order valence-electron chi connectivity index (χ4n) is 2.44. The Hall–Kier alpha value is -1.13. The average molecular weight is 337 g/mol. The first-order valence-electron chi connectivity index (χ1n) is 6.11. The Balaban J connectivity index is 2.01. The number of hydrogen-bond donors (Lipinski definition) is 0. The summed E-state index contributed by atoms with van der Waals surface area (Å²) in [4.78, 5) is 14.7. The molecule has 98 valence electrons. The summed E-state index contributed by atoms with van der Waals surface area (Å²) >= 11 is 5.16. The van der Waals surface area contributed by atoms with Gasteiger partial charge < -0.3 is 4.74 Å². The second kappa shape index (κ2) is 4.76. The fraction of sp³-hybridized carbons (Fsp3) is 0.267. The summed E-state index contributed by atoms with van der Waals surface area (Å²) < 4.78 is 6.95. The Labute approximate surface area is 124 Å². The van der Waals surface area contributed by atoms with Crippen LogP contribution >= 0.6 is 27.3 Å². The highest BCUT2D eigenvalue weighted by atomic mass is 79.9. The van der Waals surface area contributed by atoms with Gasteiger partial charge in [0.25, 0.3) is 0 Å². The van der Waals surface area contributed by atoms with Crippen LogP contribution in [0.4, 0.5) is 0 Å². The van der Waals surface area contributed by atoms with E-state index in [1.807, 2.05) is 18.2 Å². The predicted molar refractivity (Wildman–Crippen MR) is 80.3 cm³/mol. The predicted octanol–water partition coefficient (Wildman–Crippen LogP) is 4.83. The van der Waals surface area contributed by atoms with E-state index in [1.165, 1.54) is 9.75 Å². The van der Waals surface area contributed by atoms with Gasteiger partial charge in [-0.1, -0.05) is 15.9 Å². The van der Waals surface area contributed by atoms with E-state index in [-0.39, 0.29) is 11.9 Å². The highest BCUT2D eigenvalue weighted by molar-refractivity contribution is 9.10. The zero-order chi connectivity index (χ0) is 13.6. The highest BCUT2D eigenvalue weighted by Gasteiger charge is 2.29. The van der Waals surface area contributed by atoms with Gasteiger partial charge in [-0.2, -0.15) is 0 Å². The Kier molecular flexibility index (Phi) is 3.23. The number of Topliss-reactive ketones (excluding diaryl/α,β-unsaturated/α-hetero) is 1. The first kappa shape index (κ1) is 12.9. The van der Waals surface area contributed by atoms with E-state index >= 15 is 0 Å². The molecule has 0 saturated carbocycles. The first-order chi connectivity index (χ1) is 9.04. The van der Waals surface area contributed by atoms with Crippen molar-refractivity contribution in [3.05, 3.63) is 49.6 Å². The minimum Gasteiger partial charge on any atom is -0.484 e. The fourth-order valence-corrected chi connectivity index (χ4v) is 3.76. The molecule has 1 unspecified atom stereocenters. The van der Waals surface area contributed by atoms with E-state index in [4.69, 9.17) is 4.74 Å². The number of benzene rings is 1. The van der Waals surface area contributed by atoms with Crippen molar-refractivity contribution in [2.45, 2.75) is 26.4 Å². The number of carbonyl (C=O) groups is 1. The smallest absolute Gasteiger partial charge is 0.170 e. The number of rotatable bonds is 1. The van der Waals surface area contributed by atoms with E-state index in [0.717, 1.165) is 10.0 Å². The molecule has 1 aliphatic heterocycles. The second-order valence-corrected chi connectivity index (χ2v) is 7.12. The average Bonchev–Trinajstić information content (AvgIpc) is 2.67. The normalized spacial score (nSPS) is 18.1. The van der Waals surface area contributed by atoms with Crippen LogP contribution in [0.1, 0.15) is 38.2 Å². The van der Waals surface area contributed by atoms with Gasteiger partial charge in [-0.05, 0) is 38.1 Å². The van der Waals surface area contributed by atoms with Crippen LogP contribution in [0, 0.1) is 13.8 Å². The minimum absolute atomic E-state index is 0.153. The summed E-state index contributed by atoms with van der Waals surface area (Å²) in [5, 5.41) is 0. The van der Waals surface area contributed by atoms with Crippen LogP contribution in [0.2, 0.25) is 0 Å². The highest BCUT2D eigenvalue weighted by Crippen LogP contribution is 2.39. The number of ketones is 1. The van der Waals surface area contributed by atoms with Crippen LogP contribution in [0.3, 0.4) is 0 Å². The standard InChI is InChI=1S/C15H13BrO2S/c1-8-5-12(9(2)19-8)15-7-13(17)11-4-3-10(16)6-14(11)18-15/h3-6,15H,7H2,1-2H3. The zero-order valence-corrected chi connectivity index (χ0v) is 13.1. The van der Waals surface area contributed by atoms with Crippen molar-refractivity contribution in [3.63, 3.8) is 0 Å². The van der Waals surface area contributed by atoms with Crippen LogP contribution < -0.4 is 4.74 Å². The topological polar surface area (TPSA) is 26.3 Å². The molecule has 1 aliphatic rings. The third-order valence-electron chi connectivity index (χ3n) is 3.31. The number of hydrogen-bond acceptors (Lipinski definition) is 3. The summed E-state index contributed by atoms with van der Waals surface area (Å²) in [6.07, 6.45) is 0.269. The molecule has 1 aromatic carbocycles. The molecule has 4 heteroatoms. The maximum absolute atomic E-state index is 12.2. The molecule has 19 heavy (non-hydrogen) atoms. The Morgan fingerprint density at radius 2 is 2.11 bits per heavy atom. The summed E-state index contributed by atoms with van der Waals surface area (Å²) in [6, 6.07) is 7.69. The van der Waals surface area contributed by atoms with Crippen molar-refractivity contribution >= 4 is 33.0 Å². The van der Waals surface area contributed by atoms with Crippen LogP contribution in [0.15, 0.2) is 28.7 Å². The van der Waals surface area contributed by atoms with Gasteiger partial charge in [-0.25, -0.2) is 0 Å². The summed E-state index contributed by atoms with van der Waals surface area (Å²) in [5.74, 6) is 0.834. The number of halogens is 1. The van der Waals surface area contributed by atoms with Crippen LogP contribution in [0.5, 0.6) is 5.75 Å². The quantitative estimate of drug-likeness (QED) is 0.745. The third kappa shape index (κ3) is 2.35. The second-order valence-electron chi connectivity index (χ2n) is 4.74. The molecule has 2 heterocycles. The van der Waals surface area contributed by atoms with Gasteiger partial charge in [0.05, 0.1) is 12.0 Å². The molecule has 3 rings (SSSR count). The Bertz CT molecular complexity index is 660. The van der Waals surface area contributed by atoms with Crippen LogP contribution in [0.25, 0.3) is 0 Å². The largest absolute Gasteiger partial charge is 0.484 e. The lowest BCUT2D eigenvalue weighted by Crippen LogP contribution is -2.20. The number of thiophene rings is 1. The van der Waals surface area contributed by atoms with E-state index in [0.29, 0.717) is 17.7 Å². The number of ether oxygens (including phenoxy) is 1. The van der Waals surface area contributed by atoms with Crippen LogP contribution in [-0.4, -0.2) is 5.78 Å². The first-order valence-corrected chi connectivity index (χ1v) is 7.72. The number of carbonyl (C=O) groups excluding carboxylic acids is 1. The molecule has 0 aliphatic carbocycles. The summed E-state index contributed by atoms with van der Waals surface area (Å²) in [6.45, 7) is 4.16. The molecule has 0 bridgehead atoms. The van der Waals surface area contributed by atoms with Gasteiger partial charge >= 0.3 is 0 Å². The Morgan fingerprint density at radius 1 is 1.32 bits per heavy atom. The van der Waals surface area contributed by atoms with Crippen molar-refractivity contribution in [1.29, 1.82) is 0 Å². The van der Waals surface area contributed by atoms with Gasteiger partial charge in [0.15, 0.2) is 5.78 Å². The van der Waals surface area contributed by atoms with Crippen molar-refractivity contribution in [3.8, 4) is 5.75 Å². The van der Waals surface area contributed by atoms with E-state index in [1.54, 1.807) is 11.3 Å². The molecule has 0 N–H and O–H groups in total. The van der Waals surface area contributed by atoms with Gasteiger partial charge in [-0.15, -0.1) is 11.3 Å². The monoisotopic (exact) mass is 336 g/mol. The zero-order valence-electron chi connectivity index (χ0n) is 10.7. The molecule has 0 radical (unpaired) electrons. The molecule has 1 atom stereocenters. The van der Waals surface area contributed by atoms with Crippen molar-refractivity contribution in [2.24, 2.45) is 0 Å². The molecule has 2 nitrogen and oxygen atoms in total. The number of fused-ring (bicyclic) bond motifs is 1. The van der Waals surface area contributed by atoms with E-state index < -0.39 is 0 Å². The summed E-state index contributed by atoms with van der Waals surface area (Å²) in [5.41, 5.74) is 1.82. The molecule has 0 spiro atoms. The molecular formula is C15H13BrO2S. The van der Waals surface area contributed by atoms with Gasteiger partial charge in [0.1, 0.15) is 11.9 Å². The minimum atomic E-state index is -0.153. The molecular weight excluding hydrogens is 324 g/mol. The Morgan fingerprint density at radius 3 is 2.79 bits per heavy atom. The van der Waals surface area contributed by atoms with E-state index in [2.05, 4.69) is 35.8 Å². The maximum Gasteiger partial charge on any atom is 0.170 e. The molecule has 1 aromatic heterocycles. The lowest BCUT2D eigenvalue weighted by atomic mass is 9.96. The van der Waals surface area contributed by atoms with Gasteiger partial charge in [0, 0.05) is 19.8 Å². The number of aryl methyl sites for hydroxylation is 2. The summed E-state index contributed by atoms with van der Waals surface area (Å²) in [7, 11) is 0. The van der Waals surface area contributed by atoms with Crippen molar-refractivity contribution in [1.82, 2.24) is 0 Å². The van der Waals surface area contributed by atoms with Crippen molar-refractivity contribution < 1.29 is 9.53 Å². The third-order valence-corrected chi connectivity index (χ3v) is 4.79. The lowest BCUT2D eigenvalue weighted by molar-refractivity contribution is 0.0850. The lowest BCUT2D eigenvalue weighted by Gasteiger charge is -2.25.